The molecule has 2 atom stereocenters. The largest absolute Gasteiger partial charge is 0.336 e. The second-order valence-electron chi connectivity index (χ2n) is 7.89. The van der Waals surface area contributed by atoms with Crippen molar-refractivity contribution in [3.05, 3.63) is 35.1 Å². The quantitative estimate of drug-likeness (QED) is 0.717. The minimum absolute atomic E-state index is 0.0191. The van der Waals surface area contributed by atoms with Crippen LogP contribution in [0.5, 0.6) is 0 Å². The van der Waals surface area contributed by atoms with Crippen molar-refractivity contribution >= 4 is 17.7 Å². The zero-order valence-corrected chi connectivity index (χ0v) is 16.8. The fourth-order valence-electron chi connectivity index (χ4n) is 3.00. The molecule has 1 saturated heterocycles. The predicted molar refractivity (Wildman–Crippen MR) is 103 cm³/mol. The summed E-state index contributed by atoms with van der Waals surface area (Å²) in [6.07, 6.45) is 0.0113. The first-order valence-corrected chi connectivity index (χ1v) is 10.1. The van der Waals surface area contributed by atoms with E-state index in [0.717, 1.165) is 24.9 Å². The van der Waals surface area contributed by atoms with Crippen molar-refractivity contribution in [1.82, 2.24) is 10.2 Å². The van der Waals surface area contributed by atoms with Crippen LogP contribution in [0.15, 0.2) is 12.1 Å². The summed E-state index contributed by atoms with van der Waals surface area (Å²) in [4.78, 5) is 14.6. The van der Waals surface area contributed by atoms with E-state index in [4.69, 9.17) is 5.73 Å². The van der Waals surface area contributed by atoms with E-state index in [-0.39, 0.29) is 35.1 Å². The number of rotatable bonds is 6. The zero-order chi connectivity index (χ0) is 20.2. The Bertz CT molecular complexity index is 666. The summed E-state index contributed by atoms with van der Waals surface area (Å²) < 4.78 is 40.3. The highest BCUT2D eigenvalue weighted by molar-refractivity contribution is 8.00. The van der Waals surface area contributed by atoms with E-state index in [0.29, 0.717) is 12.6 Å². The minimum atomic E-state index is -1.24. The molecule has 2 rings (SSSR count). The second-order valence-corrected chi connectivity index (χ2v) is 9.74. The predicted octanol–water partition coefficient (Wildman–Crippen LogP) is 2.70. The van der Waals surface area contributed by atoms with E-state index in [2.05, 4.69) is 26.1 Å². The molecule has 8 heteroatoms. The zero-order valence-electron chi connectivity index (χ0n) is 16.0. The molecule has 3 N–H and O–H groups in total. The van der Waals surface area contributed by atoms with Crippen LogP contribution in [0.3, 0.4) is 0 Å². The van der Waals surface area contributed by atoms with Crippen LogP contribution >= 0.6 is 11.8 Å². The number of piperazine rings is 1. The van der Waals surface area contributed by atoms with E-state index in [1.165, 1.54) is 0 Å². The van der Waals surface area contributed by atoms with Crippen LogP contribution in [-0.2, 0) is 11.2 Å². The number of hydrogen-bond donors (Lipinski definition) is 2. The molecular formula is C19H28F3N3OS. The Labute approximate surface area is 163 Å². The van der Waals surface area contributed by atoms with Gasteiger partial charge in [0.2, 0.25) is 5.91 Å². The number of nitrogens with one attached hydrogen (secondary N) is 1. The standard InChI is InChI=1S/C19H28F3N3OS/c1-19(2,3)27-11-14-10-24-4-5-25(14)18(26)8-13(23)6-12-7-16(21)17(22)9-15(12)20/h7,9,13-14,24H,4-6,8,10-11,23H2,1-3H3/t13-,14-/m1/s1. The van der Waals surface area contributed by atoms with Crippen molar-refractivity contribution in [3.63, 3.8) is 0 Å². The van der Waals surface area contributed by atoms with Gasteiger partial charge in [0.15, 0.2) is 11.6 Å². The number of halogens is 3. The topological polar surface area (TPSA) is 58.4 Å². The number of carbonyl (C=O) groups excluding carboxylic acids is 1. The van der Waals surface area contributed by atoms with Gasteiger partial charge in [-0.25, -0.2) is 13.2 Å². The Kier molecular flexibility index (Phi) is 7.59. The molecule has 1 fully saturated rings. The summed E-state index contributed by atoms with van der Waals surface area (Å²) in [5, 5.41) is 3.30. The van der Waals surface area contributed by atoms with Crippen molar-refractivity contribution in [2.24, 2.45) is 5.73 Å². The molecule has 1 aromatic rings. The van der Waals surface area contributed by atoms with Crippen molar-refractivity contribution in [1.29, 1.82) is 0 Å². The van der Waals surface area contributed by atoms with Gasteiger partial charge >= 0.3 is 0 Å². The highest BCUT2D eigenvalue weighted by Crippen LogP contribution is 2.26. The average molecular weight is 404 g/mol. The smallest absolute Gasteiger partial charge is 0.224 e. The summed E-state index contributed by atoms with van der Waals surface area (Å²) >= 11 is 1.80. The second kappa shape index (κ2) is 9.30. The maximum absolute atomic E-state index is 13.8. The third kappa shape index (κ3) is 6.69. The van der Waals surface area contributed by atoms with Crippen molar-refractivity contribution in [2.45, 2.75) is 50.4 Å². The molecule has 1 aromatic carbocycles. The molecule has 27 heavy (non-hydrogen) atoms. The lowest BCUT2D eigenvalue weighted by atomic mass is 10.0. The Balaban J connectivity index is 1.96. The van der Waals surface area contributed by atoms with E-state index in [1.807, 2.05) is 4.90 Å². The Hall–Kier alpha value is -1.25. The summed E-state index contributed by atoms with van der Waals surface area (Å²) in [7, 11) is 0. The lowest BCUT2D eigenvalue weighted by Gasteiger charge is -2.38. The maximum atomic E-state index is 13.8. The number of thioether (sulfide) groups is 1. The number of amides is 1. The molecule has 0 spiro atoms. The van der Waals surface area contributed by atoms with Crippen LogP contribution in [-0.4, -0.2) is 53.0 Å². The fraction of sp³-hybridized carbons (Fsp3) is 0.632. The van der Waals surface area contributed by atoms with Gasteiger partial charge in [0.1, 0.15) is 5.82 Å². The average Bonchev–Trinajstić information content (AvgIpc) is 2.57. The number of hydrogen-bond acceptors (Lipinski definition) is 4. The molecule has 152 valence electrons. The van der Waals surface area contributed by atoms with Crippen LogP contribution in [0.1, 0.15) is 32.8 Å². The van der Waals surface area contributed by atoms with Crippen molar-refractivity contribution < 1.29 is 18.0 Å². The third-order valence-electron chi connectivity index (χ3n) is 4.39. The van der Waals surface area contributed by atoms with E-state index in [9.17, 15) is 18.0 Å². The third-order valence-corrected chi connectivity index (χ3v) is 5.80. The molecule has 0 bridgehead atoms. The molecule has 4 nitrogen and oxygen atoms in total. The lowest BCUT2D eigenvalue weighted by molar-refractivity contribution is -0.134. The van der Waals surface area contributed by atoms with Crippen LogP contribution < -0.4 is 11.1 Å². The van der Waals surface area contributed by atoms with Gasteiger partial charge in [-0.1, -0.05) is 20.8 Å². The van der Waals surface area contributed by atoms with E-state index >= 15 is 0 Å². The fourth-order valence-corrected chi connectivity index (χ4v) is 3.99. The molecule has 0 aliphatic carbocycles. The number of benzene rings is 1. The number of nitrogens with two attached hydrogens (primary N) is 1. The molecular weight excluding hydrogens is 375 g/mol. The first-order valence-electron chi connectivity index (χ1n) is 9.10. The molecule has 1 amide bonds. The minimum Gasteiger partial charge on any atom is -0.336 e. The Morgan fingerprint density at radius 1 is 1.30 bits per heavy atom. The Morgan fingerprint density at radius 3 is 2.63 bits per heavy atom. The van der Waals surface area contributed by atoms with Gasteiger partial charge in [-0.3, -0.25) is 4.79 Å². The van der Waals surface area contributed by atoms with Gasteiger partial charge in [-0.05, 0) is 18.1 Å². The van der Waals surface area contributed by atoms with Gasteiger partial charge in [0.05, 0.1) is 6.04 Å². The van der Waals surface area contributed by atoms with Gasteiger partial charge < -0.3 is 16.0 Å². The number of carbonyl (C=O) groups is 1. The maximum Gasteiger partial charge on any atom is 0.224 e. The van der Waals surface area contributed by atoms with Crippen LogP contribution in [0.25, 0.3) is 0 Å². The first kappa shape index (κ1) is 22.0. The summed E-state index contributed by atoms with van der Waals surface area (Å²) in [6, 6.07) is 0.725. The molecule has 1 heterocycles. The Morgan fingerprint density at radius 2 is 1.96 bits per heavy atom. The highest BCUT2D eigenvalue weighted by atomic mass is 32.2. The molecule has 1 aliphatic heterocycles. The lowest BCUT2D eigenvalue weighted by Crippen LogP contribution is -2.55. The van der Waals surface area contributed by atoms with Gasteiger partial charge in [0.25, 0.3) is 0 Å². The van der Waals surface area contributed by atoms with Crippen molar-refractivity contribution in [3.8, 4) is 0 Å². The summed E-state index contributed by atoms with van der Waals surface area (Å²) in [5.41, 5.74) is 5.99. The summed E-state index contributed by atoms with van der Waals surface area (Å²) in [6.45, 7) is 8.43. The SMILES string of the molecule is CC(C)(C)SC[C@H]1CNCCN1C(=O)C[C@H](N)Cc1cc(F)c(F)cc1F. The highest BCUT2D eigenvalue weighted by Gasteiger charge is 2.29. The van der Waals surface area contributed by atoms with Crippen LogP contribution in [0, 0.1) is 17.5 Å². The molecule has 0 radical (unpaired) electrons. The van der Waals surface area contributed by atoms with Crippen molar-refractivity contribution in [2.75, 3.05) is 25.4 Å². The van der Waals surface area contributed by atoms with Gasteiger partial charge in [-0.15, -0.1) is 0 Å². The van der Waals surface area contributed by atoms with E-state index in [1.54, 1.807) is 11.8 Å². The van der Waals surface area contributed by atoms with Crippen LogP contribution in [0.4, 0.5) is 13.2 Å². The van der Waals surface area contributed by atoms with Gasteiger partial charge in [0, 0.05) is 48.7 Å². The molecule has 0 unspecified atom stereocenters. The molecule has 0 aromatic heterocycles. The van der Waals surface area contributed by atoms with Gasteiger partial charge in [-0.2, -0.15) is 11.8 Å². The first-order chi connectivity index (χ1) is 12.6. The molecule has 0 saturated carbocycles. The summed E-state index contributed by atoms with van der Waals surface area (Å²) in [5.74, 6) is -2.48. The molecule has 1 aliphatic rings. The normalized spacial score (nSPS) is 19.2. The van der Waals surface area contributed by atoms with E-state index < -0.39 is 23.5 Å². The van der Waals surface area contributed by atoms with Crippen LogP contribution in [0.2, 0.25) is 0 Å². The monoisotopic (exact) mass is 403 g/mol. The number of nitrogens with zero attached hydrogens (tertiary/aromatic N) is 1.